The van der Waals surface area contributed by atoms with Gasteiger partial charge >= 0.3 is 6.08 Å². The van der Waals surface area contributed by atoms with E-state index in [1.165, 1.54) is 12.8 Å². The van der Waals surface area contributed by atoms with E-state index in [0.29, 0.717) is 12.1 Å². The number of aromatic nitrogens is 1. The Kier molecular flexibility index (Phi) is 3.83. The molecule has 1 aliphatic carbocycles. The van der Waals surface area contributed by atoms with Crippen LogP contribution < -0.4 is 10.1 Å². The van der Waals surface area contributed by atoms with E-state index < -0.39 is 0 Å². The maximum atomic E-state index is 5.55. The average Bonchev–Trinajstić information content (AvgIpc) is 2.98. The predicted molar refractivity (Wildman–Crippen MR) is 61.4 cm³/mol. The molecule has 0 saturated heterocycles. The van der Waals surface area contributed by atoms with Gasteiger partial charge in [0.1, 0.15) is 12.4 Å². The van der Waals surface area contributed by atoms with Crippen LogP contribution in [-0.4, -0.2) is 17.1 Å². The molecule has 1 atom stereocenters. The largest absolute Gasteiger partial charge is 0.447 e. The molecule has 4 nitrogen and oxygen atoms in total. The second-order valence-electron chi connectivity index (χ2n) is 4.48. The third-order valence-corrected chi connectivity index (χ3v) is 2.68. The molecule has 0 bridgehead atoms. The number of rotatable bonds is 7. The highest BCUT2D eigenvalue weighted by molar-refractivity contribution is 5.00. The van der Waals surface area contributed by atoms with Crippen LogP contribution in [0.15, 0.2) is 10.7 Å². The molecule has 0 spiro atoms. The van der Waals surface area contributed by atoms with Crippen molar-refractivity contribution in [1.29, 1.82) is 0 Å². The Hall–Kier alpha value is -1.03. The lowest BCUT2D eigenvalue weighted by molar-refractivity contribution is 0.153. The lowest BCUT2D eigenvalue weighted by atomic mass is 10.2. The molecule has 0 aromatic carbocycles. The highest BCUT2D eigenvalue weighted by atomic mass is 16.6. The average molecular weight is 224 g/mol. The van der Waals surface area contributed by atoms with Crippen LogP contribution in [0.3, 0.4) is 0 Å². The van der Waals surface area contributed by atoms with Gasteiger partial charge < -0.3 is 14.5 Å². The van der Waals surface area contributed by atoms with Crippen LogP contribution in [0.25, 0.3) is 0 Å². The van der Waals surface area contributed by atoms with Gasteiger partial charge in [-0.2, -0.15) is 4.98 Å². The van der Waals surface area contributed by atoms with Gasteiger partial charge in [-0.15, -0.1) is 0 Å². The van der Waals surface area contributed by atoms with Crippen LogP contribution in [0.4, 0.5) is 0 Å². The molecular formula is C12H20N2O2. The number of hydrogen-bond donors (Lipinski definition) is 1. The first-order valence-corrected chi connectivity index (χ1v) is 6.12. The fraction of sp³-hybridized carbons (Fsp3) is 0.750. The Morgan fingerprint density at radius 3 is 3.12 bits per heavy atom. The van der Waals surface area contributed by atoms with Gasteiger partial charge in [-0.25, -0.2) is 0 Å². The number of hydrogen-bond acceptors (Lipinski definition) is 4. The van der Waals surface area contributed by atoms with Crippen LogP contribution in [0.5, 0.6) is 6.08 Å². The predicted octanol–water partition coefficient (Wildman–Crippen LogP) is 2.49. The van der Waals surface area contributed by atoms with Crippen molar-refractivity contribution in [2.45, 2.75) is 58.2 Å². The second-order valence-corrected chi connectivity index (χ2v) is 4.48. The van der Waals surface area contributed by atoms with E-state index in [9.17, 15) is 0 Å². The third kappa shape index (κ3) is 3.52. The SMILES string of the molecule is CCCC(C)Oc1nc(CNC2CC2)co1. The fourth-order valence-corrected chi connectivity index (χ4v) is 1.60. The van der Waals surface area contributed by atoms with E-state index in [0.717, 1.165) is 25.1 Å². The summed E-state index contributed by atoms with van der Waals surface area (Å²) in [6.45, 7) is 4.95. The zero-order valence-electron chi connectivity index (χ0n) is 10.0. The third-order valence-electron chi connectivity index (χ3n) is 2.68. The summed E-state index contributed by atoms with van der Waals surface area (Å²) in [4.78, 5) is 4.28. The molecule has 16 heavy (non-hydrogen) atoms. The van der Waals surface area contributed by atoms with Crippen molar-refractivity contribution in [3.8, 4) is 6.08 Å². The molecule has 1 saturated carbocycles. The first kappa shape index (κ1) is 11.5. The number of oxazole rings is 1. The van der Waals surface area contributed by atoms with Crippen molar-refractivity contribution in [1.82, 2.24) is 10.3 Å². The monoisotopic (exact) mass is 224 g/mol. The molecule has 1 aromatic rings. The van der Waals surface area contributed by atoms with Gasteiger partial charge in [-0.1, -0.05) is 13.3 Å². The van der Waals surface area contributed by atoms with E-state index in [-0.39, 0.29) is 6.10 Å². The number of nitrogens with zero attached hydrogens (tertiary/aromatic N) is 1. The van der Waals surface area contributed by atoms with E-state index in [4.69, 9.17) is 9.15 Å². The van der Waals surface area contributed by atoms with Gasteiger partial charge in [0.05, 0.1) is 5.69 Å². The lowest BCUT2D eigenvalue weighted by Gasteiger charge is -2.08. The molecule has 0 radical (unpaired) electrons. The molecule has 1 fully saturated rings. The molecule has 1 aromatic heterocycles. The van der Waals surface area contributed by atoms with Gasteiger partial charge in [-0.3, -0.25) is 0 Å². The summed E-state index contributed by atoms with van der Waals surface area (Å²) in [5.74, 6) is 0. The van der Waals surface area contributed by atoms with Crippen molar-refractivity contribution in [3.05, 3.63) is 12.0 Å². The number of nitrogens with one attached hydrogen (secondary N) is 1. The zero-order chi connectivity index (χ0) is 11.4. The van der Waals surface area contributed by atoms with Crippen LogP contribution in [0.1, 0.15) is 45.2 Å². The van der Waals surface area contributed by atoms with Crippen molar-refractivity contribution in [3.63, 3.8) is 0 Å². The summed E-state index contributed by atoms with van der Waals surface area (Å²) in [6.07, 6.45) is 6.95. The smallest absolute Gasteiger partial charge is 0.393 e. The summed E-state index contributed by atoms with van der Waals surface area (Å²) in [7, 11) is 0. The maximum absolute atomic E-state index is 5.55. The van der Waals surface area contributed by atoms with Crippen LogP contribution in [0.2, 0.25) is 0 Å². The van der Waals surface area contributed by atoms with Crippen molar-refractivity contribution in [2.75, 3.05) is 0 Å². The quantitative estimate of drug-likeness (QED) is 0.773. The first-order chi connectivity index (χ1) is 7.78. The Morgan fingerprint density at radius 2 is 2.44 bits per heavy atom. The summed E-state index contributed by atoms with van der Waals surface area (Å²) >= 11 is 0. The topological polar surface area (TPSA) is 47.3 Å². The van der Waals surface area contributed by atoms with Gasteiger partial charge in [0.15, 0.2) is 0 Å². The Morgan fingerprint density at radius 1 is 1.62 bits per heavy atom. The molecule has 1 heterocycles. The van der Waals surface area contributed by atoms with Crippen molar-refractivity contribution < 1.29 is 9.15 Å². The highest BCUT2D eigenvalue weighted by Gasteiger charge is 2.20. The molecule has 0 amide bonds. The van der Waals surface area contributed by atoms with E-state index in [1.807, 2.05) is 6.92 Å². The van der Waals surface area contributed by atoms with Crippen molar-refractivity contribution >= 4 is 0 Å². The molecule has 4 heteroatoms. The standard InChI is InChI=1S/C12H20N2O2/c1-3-4-9(2)16-12-14-11(8-15-12)7-13-10-5-6-10/h8-10,13H,3-7H2,1-2H3. The Labute approximate surface area is 96.4 Å². The maximum Gasteiger partial charge on any atom is 0.393 e. The van der Waals surface area contributed by atoms with Gasteiger partial charge in [0.25, 0.3) is 0 Å². The fourth-order valence-electron chi connectivity index (χ4n) is 1.60. The van der Waals surface area contributed by atoms with Crippen LogP contribution >= 0.6 is 0 Å². The second kappa shape index (κ2) is 5.34. The molecular weight excluding hydrogens is 204 g/mol. The van der Waals surface area contributed by atoms with Crippen LogP contribution in [0, 0.1) is 0 Å². The summed E-state index contributed by atoms with van der Waals surface area (Å²) in [5.41, 5.74) is 0.922. The normalized spacial score (nSPS) is 17.4. The minimum atomic E-state index is 0.174. The van der Waals surface area contributed by atoms with E-state index in [1.54, 1.807) is 6.26 Å². The lowest BCUT2D eigenvalue weighted by Crippen LogP contribution is -2.15. The summed E-state index contributed by atoms with van der Waals surface area (Å²) in [5, 5.41) is 3.39. The Balaban J connectivity index is 1.76. The highest BCUT2D eigenvalue weighted by Crippen LogP contribution is 2.20. The van der Waals surface area contributed by atoms with Crippen molar-refractivity contribution in [2.24, 2.45) is 0 Å². The van der Waals surface area contributed by atoms with Gasteiger partial charge in [-0.05, 0) is 26.2 Å². The van der Waals surface area contributed by atoms with Crippen LogP contribution in [-0.2, 0) is 6.54 Å². The molecule has 1 aliphatic rings. The molecule has 2 rings (SSSR count). The van der Waals surface area contributed by atoms with E-state index >= 15 is 0 Å². The van der Waals surface area contributed by atoms with E-state index in [2.05, 4.69) is 17.2 Å². The summed E-state index contributed by atoms with van der Waals surface area (Å²) < 4.78 is 10.8. The molecule has 0 aliphatic heterocycles. The molecule has 1 unspecified atom stereocenters. The first-order valence-electron chi connectivity index (χ1n) is 6.12. The number of ether oxygens (including phenoxy) is 1. The van der Waals surface area contributed by atoms with Gasteiger partial charge in [0.2, 0.25) is 0 Å². The Bertz CT molecular complexity index is 321. The minimum absolute atomic E-state index is 0.174. The summed E-state index contributed by atoms with van der Waals surface area (Å²) in [6, 6.07) is 0.695. The molecule has 1 N–H and O–H groups in total. The zero-order valence-corrected chi connectivity index (χ0v) is 10.0. The molecule has 90 valence electrons. The minimum Gasteiger partial charge on any atom is -0.447 e. The van der Waals surface area contributed by atoms with Gasteiger partial charge in [0, 0.05) is 12.6 Å².